The summed E-state index contributed by atoms with van der Waals surface area (Å²) in [5.74, 6) is 0. The smallest absolute Gasteiger partial charge is 0.407 e. The Morgan fingerprint density at radius 2 is 1.05 bits per heavy atom. The van der Waals surface area contributed by atoms with E-state index >= 15 is 0 Å². The standard InChI is InChI=1S/2C5H11NO2.C2H8O2Si/c2*1-3-6(4-2)5(7)8;1-3-5-4-2/h2*3-4H2,1-2H3,(H,7,8);5H2,1-2H3. The molecular formula is C12H30N2O6Si. The van der Waals surface area contributed by atoms with Crippen LogP contribution in [0.3, 0.4) is 0 Å². The molecule has 0 aliphatic rings. The Morgan fingerprint density at radius 1 is 0.810 bits per heavy atom. The summed E-state index contributed by atoms with van der Waals surface area (Å²) in [5.41, 5.74) is 0. The molecule has 0 atom stereocenters. The summed E-state index contributed by atoms with van der Waals surface area (Å²) in [6, 6.07) is 0. The molecule has 0 fully saturated rings. The Kier molecular flexibility index (Phi) is 21.9. The van der Waals surface area contributed by atoms with Crippen LogP contribution in [0, 0.1) is 0 Å². The van der Waals surface area contributed by atoms with Gasteiger partial charge in [0.2, 0.25) is 0 Å². The first kappa shape index (κ1) is 24.7. The topological polar surface area (TPSA) is 99.5 Å². The van der Waals surface area contributed by atoms with E-state index in [0.29, 0.717) is 26.2 Å². The predicted molar refractivity (Wildman–Crippen MR) is 84.5 cm³/mol. The first-order valence-electron chi connectivity index (χ1n) is 6.79. The number of nitrogens with zero attached hydrogens (tertiary/aromatic N) is 2. The fourth-order valence-corrected chi connectivity index (χ4v) is 1.34. The number of rotatable bonds is 6. The lowest BCUT2D eigenvalue weighted by atomic mass is 10.6. The Labute approximate surface area is 129 Å². The molecule has 0 rings (SSSR count). The summed E-state index contributed by atoms with van der Waals surface area (Å²) in [7, 11) is 2.73. The van der Waals surface area contributed by atoms with Crippen molar-refractivity contribution in [3.05, 3.63) is 0 Å². The number of hydrogen-bond acceptors (Lipinski definition) is 4. The highest BCUT2D eigenvalue weighted by molar-refractivity contribution is 6.17. The van der Waals surface area contributed by atoms with Gasteiger partial charge in [0.05, 0.1) is 0 Å². The van der Waals surface area contributed by atoms with E-state index in [1.807, 2.05) is 27.7 Å². The van der Waals surface area contributed by atoms with Crippen molar-refractivity contribution in [1.29, 1.82) is 0 Å². The molecule has 0 heterocycles. The number of amides is 2. The first-order valence-corrected chi connectivity index (χ1v) is 7.94. The molecule has 128 valence electrons. The Morgan fingerprint density at radius 3 is 1.05 bits per heavy atom. The van der Waals surface area contributed by atoms with Crippen molar-refractivity contribution in [2.24, 2.45) is 0 Å². The van der Waals surface area contributed by atoms with Gasteiger partial charge in [-0.25, -0.2) is 9.59 Å². The fraction of sp³-hybridized carbons (Fsp3) is 0.833. The van der Waals surface area contributed by atoms with Crippen LogP contribution in [0.1, 0.15) is 27.7 Å². The highest BCUT2D eigenvalue weighted by Gasteiger charge is 2.03. The lowest BCUT2D eigenvalue weighted by Gasteiger charge is -2.12. The van der Waals surface area contributed by atoms with Gasteiger partial charge in [0.15, 0.2) is 0 Å². The molecule has 21 heavy (non-hydrogen) atoms. The third-order valence-corrected chi connectivity index (χ3v) is 2.78. The van der Waals surface area contributed by atoms with Crippen LogP contribution in [0.2, 0.25) is 0 Å². The summed E-state index contributed by atoms with van der Waals surface area (Å²) in [5, 5.41) is 16.6. The number of carboxylic acid groups (broad SMARTS) is 2. The average Bonchev–Trinajstić information content (AvgIpc) is 2.43. The lowest BCUT2D eigenvalue weighted by molar-refractivity contribution is 0.149. The van der Waals surface area contributed by atoms with Gasteiger partial charge in [0.25, 0.3) is 0 Å². The zero-order chi connectivity index (χ0) is 17.3. The Balaban J connectivity index is -0.000000239. The normalized spacial score (nSPS) is 8.67. The van der Waals surface area contributed by atoms with Crippen LogP contribution in [-0.2, 0) is 8.85 Å². The summed E-state index contributed by atoms with van der Waals surface area (Å²) >= 11 is 0. The summed E-state index contributed by atoms with van der Waals surface area (Å²) in [4.78, 5) is 22.8. The van der Waals surface area contributed by atoms with Gasteiger partial charge in [-0.05, 0) is 27.7 Å². The second-order valence-electron chi connectivity index (χ2n) is 3.60. The van der Waals surface area contributed by atoms with E-state index in [0.717, 1.165) is 0 Å². The fourth-order valence-electron chi connectivity index (χ4n) is 1.11. The second-order valence-corrected chi connectivity index (χ2v) is 5.00. The molecule has 2 N–H and O–H groups in total. The van der Waals surface area contributed by atoms with E-state index in [9.17, 15) is 9.59 Å². The third-order valence-electron chi connectivity index (χ3n) is 2.30. The van der Waals surface area contributed by atoms with Crippen molar-refractivity contribution in [2.75, 3.05) is 40.4 Å². The molecule has 0 unspecified atom stereocenters. The molecule has 0 aliphatic carbocycles. The van der Waals surface area contributed by atoms with Gasteiger partial charge in [-0.15, -0.1) is 0 Å². The quantitative estimate of drug-likeness (QED) is 0.714. The zero-order valence-corrected chi connectivity index (χ0v) is 15.4. The van der Waals surface area contributed by atoms with Crippen LogP contribution in [0.4, 0.5) is 9.59 Å². The van der Waals surface area contributed by atoms with Crippen LogP contribution >= 0.6 is 0 Å². The van der Waals surface area contributed by atoms with Gasteiger partial charge in [0.1, 0.15) is 0 Å². The summed E-state index contributed by atoms with van der Waals surface area (Å²) < 4.78 is 9.22. The SMILES string of the molecule is CCN(CC)C(=O)O.CCN(CC)C(=O)O.CO[SiH2]OC. The highest BCUT2D eigenvalue weighted by Crippen LogP contribution is 1.85. The summed E-state index contributed by atoms with van der Waals surface area (Å²) in [6.45, 7) is 9.57. The van der Waals surface area contributed by atoms with Crippen molar-refractivity contribution in [2.45, 2.75) is 27.7 Å². The Bertz CT molecular complexity index is 224. The average molecular weight is 326 g/mol. The molecule has 0 spiro atoms. The van der Waals surface area contributed by atoms with E-state index in [4.69, 9.17) is 10.2 Å². The maximum atomic E-state index is 10.1. The molecule has 2 amide bonds. The minimum atomic E-state index is -0.838. The van der Waals surface area contributed by atoms with Gasteiger partial charge >= 0.3 is 22.2 Å². The molecule has 0 aliphatic heterocycles. The second kappa shape index (κ2) is 18.7. The minimum Gasteiger partial charge on any atom is -0.465 e. The maximum absolute atomic E-state index is 10.1. The molecule has 0 bridgehead atoms. The third kappa shape index (κ3) is 18.7. The van der Waals surface area contributed by atoms with Crippen molar-refractivity contribution in [3.8, 4) is 0 Å². The molecule has 0 saturated heterocycles. The molecule has 8 nitrogen and oxygen atoms in total. The monoisotopic (exact) mass is 326 g/mol. The van der Waals surface area contributed by atoms with Crippen molar-refractivity contribution < 1.29 is 28.7 Å². The first-order chi connectivity index (χ1) is 9.85. The van der Waals surface area contributed by atoms with Crippen molar-refractivity contribution >= 4 is 22.2 Å². The summed E-state index contributed by atoms with van der Waals surface area (Å²) in [6.07, 6.45) is -1.68. The molecule has 0 aromatic rings. The number of carbonyl (C=O) groups is 2. The Hall–Kier alpha value is -1.32. The van der Waals surface area contributed by atoms with Crippen LogP contribution < -0.4 is 0 Å². The largest absolute Gasteiger partial charge is 0.465 e. The molecule has 0 saturated carbocycles. The van der Waals surface area contributed by atoms with E-state index in [-0.39, 0.29) is 0 Å². The highest BCUT2D eigenvalue weighted by atomic mass is 28.3. The molecule has 9 heteroatoms. The number of hydrogen-bond donors (Lipinski definition) is 2. The van der Waals surface area contributed by atoms with E-state index in [1.54, 1.807) is 14.2 Å². The minimum absolute atomic E-state index is 0.568. The van der Waals surface area contributed by atoms with Crippen LogP contribution in [0.5, 0.6) is 0 Å². The molecule has 0 aromatic carbocycles. The van der Waals surface area contributed by atoms with Gasteiger partial charge in [-0.3, -0.25) is 0 Å². The van der Waals surface area contributed by atoms with E-state index < -0.39 is 22.2 Å². The van der Waals surface area contributed by atoms with Gasteiger partial charge < -0.3 is 28.9 Å². The predicted octanol–water partition coefficient (Wildman–Crippen LogP) is 1.29. The van der Waals surface area contributed by atoms with Crippen molar-refractivity contribution in [1.82, 2.24) is 9.80 Å². The van der Waals surface area contributed by atoms with Gasteiger partial charge in [-0.1, -0.05) is 0 Å². The van der Waals surface area contributed by atoms with Crippen LogP contribution in [0.25, 0.3) is 0 Å². The van der Waals surface area contributed by atoms with Crippen molar-refractivity contribution in [3.63, 3.8) is 0 Å². The molecule has 0 radical (unpaired) electrons. The van der Waals surface area contributed by atoms with Gasteiger partial charge in [0, 0.05) is 40.4 Å². The molecule has 0 aromatic heterocycles. The van der Waals surface area contributed by atoms with Crippen LogP contribution in [-0.4, -0.2) is 82.6 Å². The lowest BCUT2D eigenvalue weighted by Crippen LogP contribution is -2.28. The van der Waals surface area contributed by atoms with E-state index in [2.05, 4.69) is 8.85 Å². The molecular weight excluding hydrogens is 296 g/mol. The van der Waals surface area contributed by atoms with E-state index in [1.165, 1.54) is 9.80 Å². The maximum Gasteiger partial charge on any atom is 0.407 e. The zero-order valence-electron chi connectivity index (χ0n) is 14.0. The van der Waals surface area contributed by atoms with Gasteiger partial charge in [-0.2, -0.15) is 0 Å². The van der Waals surface area contributed by atoms with Crippen LogP contribution in [0.15, 0.2) is 0 Å².